The maximum atomic E-state index is 5.75. The van der Waals surface area contributed by atoms with Crippen molar-refractivity contribution in [2.45, 2.75) is 26.7 Å². The van der Waals surface area contributed by atoms with Crippen LogP contribution >= 0.6 is 0 Å². The van der Waals surface area contributed by atoms with Gasteiger partial charge in [0.25, 0.3) is 0 Å². The van der Waals surface area contributed by atoms with Crippen LogP contribution in [0.4, 0.5) is 0 Å². The standard InChI is InChI=1S/C13H23NO2/c1-4-14(5-2)10-11-16-13-9-7-6-8-12(13)15-3/h8-9H,4-7,10-11H2,1-3H3. The Morgan fingerprint density at radius 1 is 1.12 bits per heavy atom. The molecule has 3 heteroatoms. The summed E-state index contributed by atoms with van der Waals surface area (Å²) in [7, 11) is 1.69. The molecule has 0 fully saturated rings. The Labute approximate surface area is 98.7 Å². The highest BCUT2D eigenvalue weighted by atomic mass is 16.5. The summed E-state index contributed by atoms with van der Waals surface area (Å²) in [5.41, 5.74) is 0. The first-order chi connectivity index (χ1) is 7.81. The Morgan fingerprint density at radius 2 is 1.75 bits per heavy atom. The van der Waals surface area contributed by atoms with E-state index >= 15 is 0 Å². The molecular formula is C13H23NO2. The summed E-state index contributed by atoms with van der Waals surface area (Å²) in [4.78, 5) is 2.35. The zero-order chi connectivity index (χ0) is 11.8. The lowest BCUT2D eigenvalue weighted by atomic mass is 10.1. The second-order valence-corrected chi connectivity index (χ2v) is 3.79. The van der Waals surface area contributed by atoms with Crippen LogP contribution in [-0.2, 0) is 9.47 Å². The monoisotopic (exact) mass is 225 g/mol. The van der Waals surface area contributed by atoms with Crippen LogP contribution in [0.15, 0.2) is 23.7 Å². The third-order valence-corrected chi connectivity index (χ3v) is 2.85. The Bertz CT molecular complexity index is 255. The van der Waals surface area contributed by atoms with Crippen LogP contribution in [0.5, 0.6) is 0 Å². The zero-order valence-corrected chi connectivity index (χ0v) is 10.7. The van der Waals surface area contributed by atoms with Gasteiger partial charge in [0.1, 0.15) is 6.61 Å². The minimum Gasteiger partial charge on any atom is -0.493 e. The van der Waals surface area contributed by atoms with E-state index in [9.17, 15) is 0 Å². The van der Waals surface area contributed by atoms with Crippen molar-refractivity contribution < 1.29 is 9.47 Å². The Hall–Kier alpha value is -0.960. The van der Waals surface area contributed by atoms with Crippen LogP contribution in [-0.4, -0.2) is 38.3 Å². The second kappa shape index (κ2) is 7.34. The molecule has 1 aliphatic rings. The summed E-state index contributed by atoms with van der Waals surface area (Å²) in [5, 5.41) is 0. The van der Waals surface area contributed by atoms with Crippen molar-refractivity contribution in [3.05, 3.63) is 23.7 Å². The molecule has 1 aliphatic carbocycles. The van der Waals surface area contributed by atoms with Gasteiger partial charge >= 0.3 is 0 Å². The highest BCUT2D eigenvalue weighted by molar-refractivity contribution is 5.23. The molecule has 0 saturated heterocycles. The maximum Gasteiger partial charge on any atom is 0.156 e. The van der Waals surface area contributed by atoms with Gasteiger partial charge in [-0.05, 0) is 38.1 Å². The Kier molecular flexibility index (Phi) is 6.01. The molecule has 0 N–H and O–H groups in total. The van der Waals surface area contributed by atoms with Crippen LogP contribution in [0.1, 0.15) is 26.7 Å². The molecule has 0 aromatic heterocycles. The molecule has 16 heavy (non-hydrogen) atoms. The quantitative estimate of drug-likeness (QED) is 0.664. The molecule has 92 valence electrons. The maximum absolute atomic E-state index is 5.75. The van der Waals surface area contributed by atoms with Gasteiger partial charge in [-0.25, -0.2) is 0 Å². The van der Waals surface area contributed by atoms with E-state index in [2.05, 4.69) is 30.9 Å². The van der Waals surface area contributed by atoms with Crippen molar-refractivity contribution in [2.75, 3.05) is 33.4 Å². The molecule has 0 amide bonds. The third kappa shape index (κ3) is 3.89. The number of hydrogen-bond donors (Lipinski definition) is 0. The summed E-state index contributed by atoms with van der Waals surface area (Å²) >= 11 is 0. The summed E-state index contributed by atoms with van der Waals surface area (Å²) in [5.74, 6) is 1.78. The molecular weight excluding hydrogens is 202 g/mol. The van der Waals surface area contributed by atoms with Gasteiger partial charge in [-0.2, -0.15) is 0 Å². The van der Waals surface area contributed by atoms with E-state index in [1.165, 1.54) is 0 Å². The first-order valence-corrected chi connectivity index (χ1v) is 6.11. The fourth-order valence-electron chi connectivity index (χ4n) is 1.77. The normalized spacial score (nSPS) is 15.8. The lowest BCUT2D eigenvalue weighted by molar-refractivity contribution is 0.143. The van der Waals surface area contributed by atoms with Gasteiger partial charge in [0, 0.05) is 6.54 Å². The predicted octanol–water partition coefficient (Wildman–Crippen LogP) is 2.55. The van der Waals surface area contributed by atoms with Gasteiger partial charge in [-0.1, -0.05) is 13.8 Å². The molecule has 3 nitrogen and oxygen atoms in total. The molecule has 0 saturated carbocycles. The van der Waals surface area contributed by atoms with Crippen molar-refractivity contribution in [1.29, 1.82) is 0 Å². The topological polar surface area (TPSA) is 21.7 Å². The fraction of sp³-hybridized carbons (Fsp3) is 0.692. The number of ether oxygens (including phenoxy) is 2. The van der Waals surface area contributed by atoms with Crippen molar-refractivity contribution >= 4 is 0 Å². The predicted molar refractivity (Wildman–Crippen MR) is 66.1 cm³/mol. The van der Waals surface area contributed by atoms with Crippen LogP contribution in [0.2, 0.25) is 0 Å². The van der Waals surface area contributed by atoms with Gasteiger partial charge in [-0.3, -0.25) is 0 Å². The van der Waals surface area contributed by atoms with Crippen molar-refractivity contribution in [1.82, 2.24) is 4.90 Å². The van der Waals surface area contributed by atoms with Crippen LogP contribution in [0.3, 0.4) is 0 Å². The van der Waals surface area contributed by atoms with Gasteiger partial charge < -0.3 is 14.4 Å². The zero-order valence-electron chi connectivity index (χ0n) is 10.7. The van der Waals surface area contributed by atoms with E-state index in [0.29, 0.717) is 0 Å². The number of likely N-dealkylation sites (N-methyl/N-ethyl adjacent to an activating group) is 1. The number of allylic oxidation sites excluding steroid dienone is 2. The number of nitrogens with zero attached hydrogens (tertiary/aromatic N) is 1. The SMILES string of the molecule is CCN(CC)CCOC1=CCCC=C1OC. The fourth-order valence-corrected chi connectivity index (χ4v) is 1.77. The van der Waals surface area contributed by atoms with E-state index in [0.717, 1.165) is 50.6 Å². The molecule has 0 aromatic rings. The van der Waals surface area contributed by atoms with E-state index in [1.807, 2.05) is 0 Å². The minimum atomic E-state index is 0.730. The molecule has 0 unspecified atom stereocenters. The summed E-state index contributed by atoms with van der Waals surface area (Å²) in [6, 6.07) is 0. The molecule has 1 rings (SSSR count). The smallest absolute Gasteiger partial charge is 0.156 e. The van der Waals surface area contributed by atoms with Gasteiger partial charge in [-0.15, -0.1) is 0 Å². The summed E-state index contributed by atoms with van der Waals surface area (Å²) < 4.78 is 11.0. The molecule has 0 aliphatic heterocycles. The van der Waals surface area contributed by atoms with E-state index in [-0.39, 0.29) is 0 Å². The van der Waals surface area contributed by atoms with Gasteiger partial charge in [0.2, 0.25) is 0 Å². The lowest BCUT2D eigenvalue weighted by Crippen LogP contribution is -2.27. The van der Waals surface area contributed by atoms with Gasteiger partial charge in [0.05, 0.1) is 7.11 Å². The first kappa shape index (κ1) is 13.1. The average molecular weight is 225 g/mol. The van der Waals surface area contributed by atoms with Crippen LogP contribution < -0.4 is 0 Å². The number of methoxy groups -OCH3 is 1. The lowest BCUT2D eigenvalue weighted by Gasteiger charge is -2.20. The second-order valence-electron chi connectivity index (χ2n) is 3.79. The molecule has 0 atom stereocenters. The van der Waals surface area contributed by atoms with E-state index in [4.69, 9.17) is 9.47 Å². The molecule has 0 heterocycles. The van der Waals surface area contributed by atoms with E-state index in [1.54, 1.807) is 7.11 Å². The average Bonchev–Trinajstić information content (AvgIpc) is 2.35. The summed E-state index contributed by atoms with van der Waals surface area (Å²) in [6.07, 6.45) is 6.30. The molecule has 0 aromatic carbocycles. The largest absolute Gasteiger partial charge is 0.493 e. The van der Waals surface area contributed by atoms with Crippen molar-refractivity contribution in [3.8, 4) is 0 Å². The number of rotatable bonds is 7. The molecule has 0 radical (unpaired) electrons. The third-order valence-electron chi connectivity index (χ3n) is 2.85. The molecule has 0 bridgehead atoms. The van der Waals surface area contributed by atoms with Crippen LogP contribution in [0.25, 0.3) is 0 Å². The highest BCUT2D eigenvalue weighted by Crippen LogP contribution is 2.19. The van der Waals surface area contributed by atoms with E-state index < -0.39 is 0 Å². The first-order valence-electron chi connectivity index (χ1n) is 6.11. The highest BCUT2D eigenvalue weighted by Gasteiger charge is 2.10. The molecule has 0 spiro atoms. The minimum absolute atomic E-state index is 0.730. The van der Waals surface area contributed by atoms with Crippen molar-refractivity contribution in [2.24, 2.45) is 0 Å². The Morgan fingerprint density at radius 3 is 2.31 bits per heavy atom. The van der Waals surface area contributed by atoms with Gasteiger partial charge in [0.15, 0.2) is 11.5 Å². The Balaban J connectivity index is 2.31. The number of hydrogen-bond acceptors (Lipinski definition) is 3. The van der Waals surface area contributed by atoms with Crippen molar-refractivity contribution in [3.63, 3.8) is 0 Å². The summed E-state index contributed by atoms with van der Waals surface area (Å²) in [6.45, 7) is 8.20. The van der Waals surface area contributed by atoms with Crippen LogP contribution in [0, 0.1) is 0 Å².